The number of hydrogen-bond acceptors (Lipinski definition) is 11. The van der Waals surface area contributed by atoms with E-state index in [0.717, 1.165) is 64.2 Å². The Morgan fingerprint density at radius 1 is 1.04 bits per heavy atom. The molecule has 70 heavy (non-hydrogen) atoms. The molecule has 0 spiro atoms. The number of carbonyl (C=O) groups is 4. The molecule has 1 aromatic carbocycles. The number of pyridine rings is 1. The summed E-state index contributed by atoms with van der Waals surface area (Å²) in [6, 6.07) is 7.87. The van der Waals surface area contributed by atoms with E-state index in [9.17, 15) is 19.2 Å². The van der Waals surface area contributed by atoms with Gasteiger partial charge >= 0.3 is 12.0 Å². The van der Waals surface area contributed by atoms with E-state index in [1.807, 2.05) is 37.1 Å². The molecule has 8 rings (SSSR count). The minimum Gasteiger partial charge on any atom is -0.464 e. The molecule has 0 unspecified atom stereocenters. The van der Waals surface area contributed by atoms with Crippen LogP contribution < -0.4 is 10.7 Å². The van der Waals surface area contributed by atoms with Gasteiger partial charge in [0.15, 0.2) is 0 Å². The predicted molar refractivity (Wildman–Crippen MR) is 309 cm³/mol. The summed E-state index contributed by atoms with van der Waals surface area (Å²) >= 11 is 1.44. The largest absolute Gasteiger partial charge is 0.464 e. The molecular formula is C48H77N9O6S7. The lowest BCUT2D eigenvalue weighted by Crippen LogP contribution is -2.68. The summed E-state index contributed by atoms with van der Waals surface area (Å²) in [7, 11) is 5.49. The van der Waals surface area contributed by atoms with Gasteiger partial charge in [0.1, 0.15) is 18.1 Å². The molecule has 6 atom stereocenters. The van der Waals surface area contributed by atoms with E-state index in [1.165, 1.54) is 16.3 Å². The van der Waals surface area contributed by atoms with Gasteiger partial charge in [-0.05, 0) is 88.9 Å². The molecule has 6 bridgehead atoms. The lowest BCUT2D eigenvalue weighted by Gasteiger charge is -2.54. The van der Waals surface area contributed by atoms with Crippen LogP contribution in [0.2, 0.25) is 0 Å². The van der Waals surface area contributed by atoms with Crippen LogP contribution in [0, 0.1) is 17.3 Å². The number of nitrogens with zero attached hydrogens (tertiary/aromatic N) is 7. The number of methoxy groups -OCH3 is 1. The van der Waals surface area contributed by atoms with E-state index in [-0.39, 0.29) is 124 Å². The van der Waals surface area contributed by atoms with Gasteiger partial charge < -0.3 is 34.1 Å². The van der Waals surface area contributed by atoms with Gasteiger partial charge in [0.05, 0.1) is 34.8 Å². The molecule has 3 aromatic heterocycles. The van der Waals surface area contributed by atoms with Gasteiger partial charge in [-0.15, -0.1) is 11.3 Å². The Balaban J connectivity index is 0.00000280. The number of esters is 1. The van der Waals surface area contributed by atoms with E-state index in [0.29, 0.717) is 49.8 Å². The third kappa shape index (κ3) is 12.9. The zero-order valence-electron chi connectivity index (χ0n) is 41.8. The van der Waals surface area contributed by atoms with Crippen LogP contribution in [0.4, 0.5) is 4.79 Å². The topological polar surface area (TPSA) is 154 Å². The van der Waals surface area contributed by atoms with Crippen molar-refractivity contribution in [2.45, 2.75) is 110 Å². The fraction of sp³-hybridized carbons (Fsp3) is 0.583. The number of thiazole rings is 1. The van der Waals surface area contributed by atoms with Gasteiger partial charge in [-0.3, -0.25) is 24.4 Å². The highest BCUT2D eigenvalue weighted by Crippen LogP contribution is 2.42. The van der Waals surface area contributed by atoms with Gasteiger partial charge in [0, 0.05) is 97.7 Å². The SMILES string of the molecule is CCn1c(-c2cccnc2[C@H](C)OC)c2c3cc(ccc31)-c1csc(n1)C[C@H](NC(=O)[C@H](C(C)C)N(C)C(=O)N1C[C@@H]3CN(C)CC[C@@H]31)C(=O)N1CCC[C@H](N1)C(=O)OCC(C)(C)C2.S.S.S.S.S.S. The molecule has 4 amide bonds. The van der Waals surface area contributed by atoms with Crippen LogP contribution in [0.3, 0.4) is 0 Å². The van der Waals surface area contributed by atoms with Crippen molar-refractivity contribution in [3.8, 4) is 22.5 Å². The normalized spacial score (nSPS) is 21.7. The maximum atomic E-state index is 14.6. The highest BCUT2D eigenvalue weighted by molar-refractivity contribution is 7.60. The van der Waals surface area contributed by atoms with Crippen LogP contribution in [0.25, 0.3) is 33.4 Å². The molecular weight excluding hydrogens is 1020 g/mol. The summed E-state index contributed by atoms with van der Waals surface area (Å²) < 4.78 is 14.3. The smallest absolute Gasteiger partial charge is 0.324 e. The van der Waals surface area contributed by atoms with Crippen molar-refractivity contribution in [2.24, 2.45) is 17.3 Å². The molecule has 3 saturated heterocycles. The maximum Gasteiger partial charge on any atom is 0.324 e. The van der Waals surface area contributed by atoms with Crippen molar-refractivity contribution in [1.82, 2.24) is 45.0 Å². The summed E-state index contributed by atoms with van der Waals surface area (Å²) in [6.07, 6.45) is 4.23. The van der Waals surface area contributed by atoms with Crippen LogP contribution >= 0.6 is 92.3 Å². The van der Waals surface area contributed by atoms with Gasteiger partial charge in [-0.25, -0.2) is 15.2 Å². The Morgan fingerprint density at radius 3 is 2.44 bits per heavy atom. The van der Waals surface area contributed by atoms with Crippen molar-refractivity contribution in [3.63, 3.8) is 0 Å². The number of nitrogens with one attached hydrogen (secondary N) is 2. The Hall–Kier alpha value is -2.80. The van der Waals surface area contributed by atoms with E-state index in [2.05, 4.69) is 72.3 Å². The molecule has 4 aromatic rings. The van der Waals surface area contributed by atoms with Crippen molar-refractivity contribution < 1.29 is 28.7 Å². The zero-order chi connectivity index (χ0) is 45.6. The number of ether oxygens (including phenoxy) is 2. The number of carbonyl (C=O) groups excluding carboxylic acids is 4. The van der Waals surface area contributed by atoms with Crippen LogP contribution in [0.5, 0.6) is 0 Å². The number of likely N-dealkylation sites (tertiary alicyclic amines) is 2. The lowest BCUT2D eigenvalue weighted by molar-refractivity contribution is -0.155. The number of hydrogen-bond donors (Lipinski definition) is 2. The second-order valence-electron chi connectivity index (χ2n) is 19.4. The van der Waals surface area contributed by atoms with Crippen molar-refractivity contribution >= 4 is 127 Å². The molecule has 4 aliphatic heterocycles. The Kier molecular flexibility index (Phi) is 23.9. The first-order chi connectivity index (χ1) is 30.6. The number of rotatable bonds is 8. The highest BCUT2D eigenvalue weighted by Gasteiger charge is 2.47. The fourth-order valence-corrected chi connectivity index (χ4v) is 11.2. The summed E-state index contributed by atoms with van der Waals surface area (Å²) in [4.78, 5) is 72.6. The maximum absolute atomic E-state index is 14.6. The average Bonchev–Trinajstić information content (AvgIpc) is 3.86. The summed E-state index contributed by atoms with van der Waals surface area (Å²) in [5.41, 5.74) is 9.44. The molecule has 0 aliphatic carbocycles. The number of urea groups is 1. The van der Waals surface area contributed by atoms with E-state index in [1.54, 1.807) is 25.3 Å². The molecule has 7 heterocycles. The molecule has 3 fully saturated rings. The zero-order valence-corrected chi connectivity index (χ0v) is 48.7. The summed E-state index contributed by atoms with van der Waals surface area (Å²) in [5, 5.41) is 8.27. The van der Waals surface area contributed by atoms with E-state index in [4.69, 9.17) is 19.4 Å². The van der Waals surface area contributed by atoms with Crippen LogP contribution in [0.1, 0.15) is 83.2 Å². The predicted octanol–water partition coefficient (Wildman–Crippen LogP) is 6.59. The number of likely N-dealkylation sites (N-methyl/N-ethyl adjacent to an activating group) is 1. The fourth-order valence-electron chi connectivity index (χ4n) is 10.3. The lowest BCUT2D eigenvalue weighted by atomic mass is 9.83. The highest BCUT2D eigenvalue weighted by atomic mass is 32.1. The number of fused-ring (bicyclic) bond motifs is 7. The quantitative estimate of drug-likeness (QED) is 0.185. The number of aromatic nitrogens is 3. The number of benzene rings is 1. The van der Waals surface area contributed by atoms with Gasteiger partial charge in [0.25, 0.3) is 5.91 Å². The molecule has 0 saturated carbocycles. The Bertz CT molecular complexity index is 2420. The van der Waals surface area contributed by atoms with Crippen molar-refractivity contribution in [2.75, 3.05) is 54.0 Å². The molecule has 15 nitrogen and oxygen atoms in total. The van der Waals surface area contributed by atoms with Gasteiger partial charge in [-0.2, -0.15) is 81.0 Å². The number of hydrazine groups is 1. The number of amides is 4. The molecule has 4 aliphatic rings. The Labute approximate surface area is 460 Å². The van der Waals surface area contributed by atoms with Crippen molar-refractivity contribution in [1.29, 1.82) is 0 Å². The summed E-state index contributed by atoms with van der Waals surface area (Å²) in [6.45, 7) is 16.0. The third-order valence-corrected chi connectivity index (χ3v) is 14.6. The number of piperidine rings is 1. The average molecular weight is 1100 g/mol. The first-order valence-electron chi connectivity index (χ1n) is 22.9. The number of cyclic esters (lactones) is 1. The third-order valence-electron chi connectivity index (χ3n) is 13.7. The second kappa shape index (κ2) is 26.4. The number of aryl methyl sites for hydroxylation is 1. The second-order valence-corrected chi connectivity index (χ2v) is 20.3. The minimum atomic E-state index is -1.03. The first kappa shape index (κ1) is 63.3. The Morgan fingerprint density at radius 2 is 1.77 bits per heavy atom. The van der Waals surface area contributed by atoms with E-state index < -0.39 is 35.4 Å². The van der Waals surface area contributed by atoms with E-state index >= 15 is 0 Å². The van der Waals surface area contributed by atoms with Gasteiger partial charge in [-0.1, -0.05) is 33.8 Å². The first-order valence-corrected chi connectivity index (χ1v) is 23.8. The molecule has 22 heteroatoms. The van der Waals surface area contributed by atoms with Crippen LogP contribution in [-0.4, -0.2) is 136 Å². The van der Waals surface area contributed by atoms with Crippen LogP contribution in [0.15, 0.2) is 41.9 Å². The summed E-state index contributed by atoms with van der Waals surface area (Å²) in [5.74, 6) is -1.03. The molecule has 0 radical (unpaired) electrons. The molecule has 392 valence electrons. The minimum absolute atomic E-state index is 0. The van der Waals surface area contributed by atoms with Gasteiger partial charge in [0.2, 0.25) is 5.91 Å². The molecule has 2 N–H and O–H groups in total. The monoisotopic (exact) mass is 1100 g/mol. The van der Waals surface area contributed by atoms with Crippen LogP contribution in [-0.2, 0) is 43.2 Å². The standard InChI is InChI=1S/C48H65N9O6S.6H2S/c1-10-55-39-16-15-30-21-33(39)34(43(55)32-13-11-18-49-41(32)29(4)62-9)23-48(5,6)27-63-46(60)35-14-12-19-57(52-35)45(59)36(22-40-50-37(30)26-64-40)51-44(58)42(28(2)3)54(8)47(61)56-25-31-24-53(7)20-17-38(31)56;;;;;;/h11,13,15-16,18,21,26,28-29,31,35-36,38,42,52H,10,12,14,17,19-20,22-25,27H2,1-9H3,(H,51,58);6*1H2/t29-,31-,35-,36-,38-,42-;;;;;;/m0....../s1. The van der Waals surface area contributed by atoms with Crippen molar-refractivity contribution in [3.05, 3.63) is 58.2 Å².